The van der Waals surface area contributed by atoms with E-state index < -0.39 is 11.9 Å². The average Bonchev–Trinajstić information content (AvgIpc) is 2.67. The molecule has 1 aromatic heterocycles. The molecule has 0 fully saturated rings. The summed E-state index contributed by atoms with van der Waals surface area (Å²) in [4.78, 5) is 11.2. The number of hydrogen-bond donors (Lipinski definition) is 1. The van der Waals surface area contributed by atoms with E-state index in [4.69, 9.17) is 0 Å². The van der Waals surface area contributed by atoms with Crippen molar-refractivity contribution in [1.29, 1.82) is 0 Å². The van der Waals surface area contributed by atoms with Gasteiger partial charge in [-0.05, 0) is 51.8 Å². The van der Waals surface area contributed by atoms with Crippen molar-refractivity contribution in [2.45, 2.75) is 40.5 Å². The number of benzene rings is 1. The van der Waals surface area contributed by atoms with Gasteiger partial charge in [-0.3, -0.25) is 4.79 Å². The van der Waals surface area contributed by atoms with E-state index >= 15 is 0 Å². The molecule has 0 amide bonds. The van der Waals surface area contributed by atoms with E-state index in [1.807, 2.05) is 32.4 Å². The van der Waals surface area contributed by atoms with E-state index in [1.54, 1.807) is 6.92 Å². The largest absolute Gasteiger partial charge is 0.481 e. The van der Waals surface area contributed by atoms with Crippen molar-refractivity contribution in [1.82, 2.24) is 9.78 Å². The highest BCUT2D eigenvalue weighted by molar-refractivity contribution is 5.76. The first-order valence-electron chi connectivity index (χ1n) is 6.69. The second kappa shape index (κ2) is 5.12. The van der Waals surface area contributed by atoms with Gasteiger partial charge in [-0.1, -0.05) is 12.1 Å². The van der Waals surface area contributed by atoms with Crippen LogP contribution in [0.4, 0.5) is 0 Å². The van der Waals surface area contributed by atoms with Crippen LogP contribution in [0.15, 0.2) is 18.2 Å². The normalized spacial score (nSPS) is 12.4. The predicted molar refractivity (Wildman–Crippen MR) is 78.6 cm³/mol. The van der Waals surface area contributed by atoms with Gasteiger partial charge in [0.15, 0.2) is 0 Å². The number of carboxylic acid groups (broad SMARTS) is 1. The summed E-state index contributed by atoms with van der Waals surface area (Å²) < 4.78 is 1.85. The molecule has 0 aliphatic heterocycles. The van der Waals surface area contributed by atoms with Crippen molar-refractivity contribution in [2.75, 3.05) is 0 Å². The van der Waals surface area contributed by atoms with Gasteiger partial charge < -0.3 is 5.11 Å². The molecule has 2 rings (SSSR count). The summed E-state index contributed by atoms with van der Waals surface area (Å²) in [5.74, 6) is -1.37. The Morgan fingerprint density at radius 2 is 1.90 bits per heavy atom. The van der Waals surface area contributed by atoms with E-state index in [1.165, 1.54) is 0 Å². The van der Waals surface area contributed by atoms with Crippen molar-refractivity contribution in [3.05, 3.63) is 46.3 Å². The lowest BCUT2D eigenvalue weighted by Crippen LogP contribution is -2.10. The molecule has 20 heavy (non-hydrogen) atoms. The Hall–Kier alpha value is -2.10. The zero-order chi connectivity index (χ0) is 15.0. The summed E-state index contributed by atoms with van der Waals surface area (Å²) in [5.41, 5.74) is 5.76. The van der Waals surface area contributed by atoms with Gasteiger partial charge in [0.25, 0.3) is 0 Å². The minimum absolute atomic E-state index is 0.547. The molecule has 0 saturated carbocycles. The van der Waals surface area contributed by atoms with Gasteiger partial charge in [-0.2, -0.15) is 5.10 Å². The number of aromatic nitrogens is 2. The highest BCUT2D eigenvalue weighted by Gasteiger charge is 2.23. The fraction of sp³-hybridized carbons (Fsp3) is 0.375. The molecular formula is C16H20N2O2. The molecule has 1 atom stereocenters. The quantitative estimate of drug-likeness (QED) is 0.932. The Labute approximate surface area is 119 Å². The first kappa shape index (κ1) is 14.3. The van der Waals surface area contributed by atoms with Crippen molar-refractivity contribution < 1.29 is 9.90 Å². The minimum Gasteiger partial charge on any atom is -0.481 e. The van der Waals surface area contributed by atoms with Crippen LogP contribution < -0.4 is 0 Å². The standard InChI is InChI=1S/C16H20N2O2/c1-9-6-7-10(2)14(8-9)18-13(5)15(12(4)17-18)11(3)16(19)20/h6-8,11H,1-5H3,(H,19,20). The second-order valence-corrected chi connectivity index (χ2v) is 5.35. The zero-order valence-corrected chi connectivity index (χ0v) is 12.6. The molecule has 0 radical (unpaired) electrons. The molecule has 4 nitrogen and oxygen atoms in total. The third-order valence-corrected chi connectivity index (χ3v) is 3.74. The second-order valence-electron chi connectivity index (χ2n) is 5.35. The number of nitrogens with zero attached hydrogens (tertiary/aromatic N) is 2. The highest BCUT2D eigenvalue weighted by atomic mass is 16.4. The fourth-order valence-electron chi connectivity index (χ4n) is 2.59. The van der Waals surface area contributed by atoms with Gasteiger partial charge in [0.1, 0.15) is 0 Å². The number of aryl methyl sites for hydroxylation is 3. The molecule has 2 aromatic rings. The maximum atomic E-state index is 11.2. The van der Waals surface area contributed by atoms with Crippen LogP contribution in [-0.2, 0) is 4.79 Å². The van der Waals surface area contributed by atoms with E-state index in [9.17, 15) is 9.90 Å². The van der Waals surface area contributed by atoms with Gasteiger partial charge in [-0.25, -0.2) is 4.68 Å². The summed E-state index contributed by atoms with van der Waals surface area (Å²) in [7, 11) is 0. The Morgan fingerprint density at radius 3 is 2.50 bits per heavy atom. The maximum absolute atomic E-state index is 11.2. The van der Waals surface area contributed by atoms with E-state index in [0.717, 1.165) is 33.8 Å². The Morgan fingerprint density at radius 1 is 1.25 bits per heavy atom. The van der Waals surface area contributed by atoms with Gasteiger partial charge >= 0.3 is 5.97 Å². The summed E-state index contributed by atoms with van der Waals surface area (Å²) in [6, 6.07) is 6.19. The summed E-state index contributed by atoms with van der Waals surface area (Å²) >= 11 is 0. The molecule has 1 aromatic carbocycles. The summed E-state index contributed by atoms with van der Waals surface area (Å²) in [6.45, 7) is 9.56. The van der Waals surface area contributed by atoms with Gasteiger partial charge in [-0.15, -0.1) is 0 Å². The smallest absolute Gasteiger partial charge is 0.310 e. The van der Waals surface area contributed by atoms with Gasteiger partial charge in [0.2, 0.25) is 0 Å². The molecule has 0 saturated heterocycles. The third-order valence-electron chi connectivity index (χ3n) is 3.74. The average molecular weight is 272 g/mol. The van der Waals surface area contributed by atoms with Crippen LogP contribution in [0.2, 0.25) is 0 Å². The lowest BCUT2D eigenvalue weighted by molar-refractivity contribution is -0.138. The van der Waals surface area contributed by atoms with Crippen molar-refractivity contribution in [2.24, 2.45) is 0 Å². The first-order chi connectivity index (χ1) is 9.32. The van der Waals surface area contributed by atoms with E-state index in [0.29, 0.717) is 0 Å². The molecule has 0 aliphatic rings. The zero-order valence-electron chi connectivity index (χ0n) is 12.6. The van der Waals surface area contributed by atoms with Gasteiger partial charge in [0.05, 0.1) is 17.3 Å². The van der Waals surface area contributed by atoms with Crippen LogP contribution in [0.1, 0.15) is 40.9 Å². The molecule has 106 valence electrons. The lowest BCUT2D eigenvalue weighted by atomic mass is 9.99. The predicted octanol–water partition coefficient (Wildman–Crippen LogP) is 3.29. The Balaban J connectivity index is 2.63. The molecule has 1 heterocycles. The number of carboxylic acids is 1. The molecule has 0 aliphatic carbocycles. The number of aliphatic carboxylic acids is 1. The molecule has 4 heteroatoms. The molecule has 1 N–H and O–H groups in total. The van der Waals surface area contributed by atoms with Crippen LogP contribution in [0.25, 0.3) is 5.69 Å². The van der Waals surface area contributed by atoms with Crippen molar-refractivity contribution >= 4 is 5.97 Å². The van der Waals surface area contributed by atoms with Crippen molar-refractivity contribution in [3.8, 4) is 5.69 Å². The van der Waals surface area contributed by atoms with Crippen molar-refractivity contribution in [3.63, 3.8) is 0 Å². The lowest BCUT2D eigenvalue weighted by Gasteiger charge is -2.11. The van der Waals surface area contributed by atoms with Crippen LogP contribution in [0.5, 0.6) is 0 Å². The Bertz CT molecular complexity index is 671. The number of rotatable bonds is 3. The Kier molecular flexibility index (Phi) is 3.66. The highest BCUT2D eigenvalue weighted by Crippen LogP contribution is 2.27. The van der Waals surface area contributed by atoms with Crippen LogP contribution in [0.3, 0.4) is 0 Å². The van der Waals surface area contributed by atoms with Crippen LogP contribution in [0, 0.1) is 27.7 Å². The van der Waals surface area contributed by atoms with Crippen LogP contribution in [-0.4, -0.2) is 20.9 Å². The van der Waals surface area contributed by atoms with Gasteiger partial charge in [0, 0.05) is 11.3 Å². The topological polar surface area (TPSA) is 55.1 Å². The summed E-state index contributed by atoms with van der Waals surface area (Å²) in [6.07, 6.45) is 0. The first-order valence-corrected chi connectivity index (χ1v) is 6.69. The molecular weight excluding hydrogens is 252 g/mol. The monoisotopic (exact) mass is 272 g/mol. The maximum Gasteiger partial charge on any atom is 0.310 e. The fourth-order valence-corrected chi connectivity index (χ4v) is 2.59. The molecule has 1 unspecified atom stereocenters. The number of carbonyl (C=O) groups is 1. The van der Waals surface area contributed by atoms with Crippen LogP contribution >= 0.6 is 0 Å². The number of hydrogen-bond acceptors (Lipinski definition) is 2. The molecule has 0 spiro atoms. The van der Waals surface area contributed by atoms with E-state index in [-0.39, 0.29) is 0 Å². The minimum atomic E-state index is -0.822. The third kappa shape index (κ3) is 2.33. The SMILES string of the molecule is Cc1ccc(C)c(-n2nc(C)c(C(C)C(=O)O)c2C)c1. The van der Waals surface area contributed by atoms with E-state index in [2.05, 4.69) is 23.3 Å². The molecule has 0 bridgehead atoms. The summed E-state index contributed by atoms with van der Waals surface area (Å²) in [5, 5.41) is 13.8.